The van der Waals surface area contributed by atoms with E-state index < -0.39 is 0 Å². The Bertz CT molecular complexity index is 165. The SMILES string of the molecule is FC1=CC(CCCCCCCl)CC1. The maximum Gasteiger partial charge on any atom is 0.0962 e. The van der Waals surface area contributed by atoms with Crippen LogP contribution in [0.3, 0.4) is 0 Å². The van der Waals surface area contributed by atoms with Crippen molar-refractivity contribution in [1.82, 2.24) is 0 Å². The van der Waals surface area contributed by atoms with E-state index in [1.54, 1.807) is 0 Å². The van der Waals surface area contributed by atoms with E-state index in [-0.39, 0.29) is 5.83 Å². The van der Waals surface area contributed by atoms with Crippen LogP contribution in [0.1, 0.15) is 44.9 Å². The Balaban J connectivity index is 1.94. The number of hydrogen-bond donors (Lipinski definition) is 0. The monoisotopic (exact) mass is 204 g/mol. The van der Waals surface area contributed by atoms with Gasteiger partial charge in [0.05, 0.1) is 5.83 Å². The normalized spacial score (nSPS) is 22.0. The predicted molar refractivity (Wildman–Crippen MR) is 55.7 cm³/mol. The van der Waals surface area contributed by atoms with Crippen molar-refractivity contribution in [3.63, 3.8) is 0 Å². The fraction of sp³-hybridized carbons (Fsp3) is 0.818. The molecular formula is C11H18ClF. The van der Waals surface area contributed by atoms with E-state index >= 15 is 0 Å². The Hall–Kier alpha value is -0.0400. The van der Waals surface area contributed by atoms with Crippen LogP contribution in [-0.4, -0.2) is 5.88 Å². The number of allylic oxidation sites excluding steroid dienone is 2. The average molecular weight is 205 g/mol. The fourth-order valence-corrected chi connectivity index (χ4v) is 2.02. The summed E-state index contributed by atoms with van der Waals surface area (Å²) >= 11 is 5.57. The maximum atomic E-state index is 12.6. The lowest BCUT2D eigenvalue weighted by Gasteiger charge is -2.05. The molecule has 0 aromatic carbocycles. The molecule has 0 amide bonds. The first-order valence-corrected chi connectivity index (χ1v) is 5.78. The summed E-state index contributed by atoms with van der Waals surface area (Å²) in [5.74, 6) is 1.40. The van der Waals surface area contributed by atoms with Crippen LogP contribution < -0.4 is 0 Å². The minimum atomic E-state index is 0.103. The van der Waals surface area contributed by atoms with E-state index in [2.05, 4.69) is 0 Å². The molecule has 0 radical (unpaired) electrons. The molecule has 0 spiro atoms. The van der Waals surface area contributed by atoms with Gasteiger partial charge in [-0.3, -0.25) is 0 Å². The van der Waals surface area contributed by atoms with Crippen molar-refractivity contribution in [2.45, 2.75) is 44.9 Å². The predicted octanol–water partition coefficient (Wildman–Crippen LogP) is 4.44. The summed E-state index contributed by atoms with van der Waals surface area (Å²) in [6.07, 6.45) is 9.49. The van der Waals surface area contributed by atoms with E-state index in [0.29, 0.717) is 12.3 Å². The van der Waals surface area contributed by atoms with Gasteiger partial charge in [0.1, 0.15) is 0 Å². The third-order valence-corrected chi connectivity index (χ3v) is 2.90. The first-order valence-electron chi connectivity index (χ1n) is 5.25. The molecule has 0 N–H and O–H groups in total. The lowest BCUT2D eigenvalue weighted by atomic mass is 10.0. The van der Waals surface area contributed by atoms with Crippen molar-refractivity contribution in [3.8, 4) is 0 Å². The number of hydrogen-bond acceptors (Lipinski definition) is 0. The van der Waals surface area contributed by atoms with Crippen LogP contribution in [0, 0.1) is 5.92 Å². The minimum absolute atomic E-state index is 0.103. The summed E-state index contributed by atoms with van der Waals surface area (Å²) in [6, 6.07) is 0. The van der Waals surface area contributed by atoms with Crippen molar-refractivity contribution < 1.29 is 4.39 Å². The molecule has 76 valence electrons. The highest BCUT2D eigenvalue weighted by atomic mass is 35.5. The Kier molecular flexibility index (Phi) is 5.45. The van der Waals surface area contributed by atoms with Gasteiger partial charge in [0.25, 0.3) is 0 Å². The van der Waals surface area contributed by atoms with Gasteiger partial charge in [-0.25, -0.2) is 4.39 Å². The van der Waals surface area contributed by atoms with Crippen molar-refractivity contribution >= 4 is 11.6 Å². The second kappa shape index (κ2) is 6.42. The highest BCUT2D eigenvalue weighted by Crippen LogP contribution is 2.28. The van der Waals surface area contributed by atoms with Crippen LogP contribution >= 0.6 is 11.6 Å². The smallest absolute Gasteiger partial charge is 0.0962 e. The van der Waals surface area contributed by atoms with Crippen molar-refractivity contribution in [1.29, 1.82) is 0 Å². The number of halogens is 2. The Morgan fingerprint density at radius 1 is 1.31 bits per heavy atom. The van der Waals surface area contributed by atoms with Crippen LogP contribution in [0.4, 0.5) is 4.39 Å². The van der Waals surface area contributed by atoms with Crippen molar-refractivity contribution in [2.24, 2.45) is 5.92 Å². The van der Waals surface area contributed by atoms with Gasteiger partial charge in [0.15, 0.2) is 0 Å². The molecule has 0 saturated carbocycles. The van der Waals surface area contributed by atoms with Gasteiger partial charge in [-0.2, -0.15) is 0 Å². The van der Waals surface area contributed by atoms with E-state index in [4.69, 9.17) is 11.6 Å². The first-order chi connectivity index (χ1) is 6.33. The van der Waals surface area contributed by atoms with Gasteiger partial charge >= 0.3 is 0 Å². The van der Waals surface area contributed by atoms with E-state index in [9.17, 15) is 4.39 Å². The third-order valence-electron chi connectivity index (χ3n) is 2.63. The van der Waals surface area contributed by atoms with Gasteiger partial charge in [-0.1, -0.05) is 19.3 Å². The maximum absolute atomic E-state index is 12.6. The largest absolute Gasteiger partial charge is 0.212 e. The van der Waals surface area contributed by atoms with Crippen LogP contribution in [0.25, 0.3) is 0 Å². The summed E-state index contributed by atoms with van der Waals surface area (Å²) in [4.78, 5) is 0. The lowest BCUT2D eigenvalue weighted by Crippen LogP contribution is -1.91. The summed E-state index contributed by atoms with van der Waals surface area (Å²) in [6.45, 7) is 0. The molecule has 1 unspecified atom stereocenters. The zero-order valence-electron chi connectivity index (χ0n) is 8.07. The van der Waals surface area contributed by atoms with Crippen LogP contribution in [0.15, 0.2) is 11.9 Å². The standard InChI is InChI=1S/C11H18ClF/c12-8-4-2-1-3-5-10-6-7-11(13)9-10/h9-10H,1-8H2. The molecule has 0 fully saturated rings. The van der Waals surface area contributed by atoms with E-state index in [1.165, 1.54) is 19.3 Å². The van der Waals surface area contributed by atoms with Gasteiger partial charge in [0.2, 0.25) is 0 Å². The zero-order chi connectivity index (χ0) is 9.52. The quantitative estimate of drug-likeness (QED) is 0.443. The summed E-state index contributed by atoms with van der Waals surface area (Å²) in [5.41, 5.74) is 0. The Morgan fingerprint density at radius 2 is 2.08 bits per heavy atom. The molecule has 2 heteroatoms. The molecule has 0 nitrogen and oxygen atoms in total. The van der Waals surface area contributed by atoms with Crippen molar-refractivity contribution in [3.05, 3.63) is 11.9 Å². The molecule has 0 aliphatic heterocycles. The molecule has 0 aromatic heterocycles. The van der Waals surface area contributed by atoms with Crippen LogP contribution in [0.5, 0.6) is 0 Å². The fourth-order valence-electron chi connectivity index (χ4n) is 1.83. The number of alkyl halides is 1. The topological polar surface area (TPSA) is 0 Å². The molecule has 0 aromatic rings. The summed E-state index contributed by atoms with van der Waals surface area (Å²) in [7, 11) is 0. The van der Waals surface area contributed by atoms with E-state index in [1.807, 2.05) is 6.08 Å². The third kappa shape index (κ3) is 4.66. The molecule has 0 heterocycles. The second-order valence-corrected chi connectivity index (χ2v) is 4.18. The Labute approximate surface area is 85.2 Å². The van der Waals surface area contributed by atoms with Crippen molar-refractivity contribution in [2.75, 3.05) is 5.88 Å². The molecule has 1 aliphatic rings. The summed E-state index contributed by atoms with van der Waals surface area (Å²) < 4.78 is 12.6. The zero-order valence-corrected chi connectivity index (χ0v) is 8.82. The minimum Gasteiger partial charge on any atom is -0.212 e. The molecule has 1 aliphatic carbocycles. The molecule has 1 rings (SSSR count). The molecule has 1 atom stereocenters. The van der Waals surface area contributed by atoms with Crippen LogP contribution in [-0.2, 0) is 0 Å². The number of unbranched alkanes of at least 4 members (excludes halogenated alkanes) is 3. The molecule has 0 saturated heterocycles. The van der Waals surface area contributed by atoms with Crippen LogP contribution in [0.2, 0.25) is 0 Å². The molecule has 13 heavy (non-hydrogen) atoms. The summed E-state index contributed by atoms with van der Waals surface area (Å²) in [5, 5.41) is 0. The Morgan fingerprint density at radius 3 is 2.69 bits per heavy atom. The first kappa shape index (κ1) is 11.0. The van der Waals surface area contributed by atoms with Gasteiger partial charge in [-0.15, -0.1) is 11.6 Å². The highest BCUT2D eigenvalue weighted by molar-refractivity contribution is 6.17. The molecular weight excluding hydrogens is 187 g/mol. The molecule has 0 bridgehead atoms. The highest BCUT2D eigenvalue weighted by Gasteiger charge is 2.14. The van der Waals surface area contributed by atoms with Gasteiger partial charge in [-0.05, 0) is 37.7 Å². The van der Waals surface area contributed by atoms with Gasteiger partial charge < -0.3 is 0 Å². The number of rotatable bonds is 6. The van der Waals surface area contributed by atoms with Gasteiger partial charge in [0, 0.05) is 5.88 Å². The van der Waals surface area contributed by atoms with E-state index in [0.717, 1.165) is 25.1 Å². The average Bonchev–Trinajstić information content (AvgIpc) is 2.51. The second-order valence-electron chi connectivity index (χ2n) is 3.80. The lowest BCUT2D eigenvalue weighted by molar-refractivity contribution is 0.518.